The molecule has 35 heavy (non-hydrogen) atoms. The van der Waals surface area contributed by atoms with Gasteiger partial charge >= 0.3 is 6.36 Å². The zero-order chi connectivity index (χ0) is 25.3. The lowest BCUT2D eigenvalue weighted by molar-refractivity contribution is -0.274. The first-order valence-corrected chi connectivity index (χ1v) is 12.8. The molecule has 190 valence electrons. The number of aromatic nitrogens is 3. The van der Waals surface area contributed by atoms with E-state index in [4.69, 9.17) is 0 Å². The average molecular weight is 515 g/mol. The van der Waals surface area contributed by atoms with Crippen LogP contribution in [0.3, 0.4) is 0 Å². The zero-order valence-corrected chi connectivity index (χ0v) is 19.8. The third-order valence-electron chi connectivity index (χ3n) is 6.48. The molecule has 1 N–H and O–H groups in total. The molecule has 0 aliphatic heterocycles. The first-order valence-electron chi connectivity index (χ1n) is 11.3. The van der Waals surface area contributed by atoms with Crippen LogP contribution in [0.4, 0.5) is 17.6 Å². The first-order chi connectivity index (χ1) is 16.5. The van der Waals surface area contributed by atoms with Crippen LogP contribution in [0.1, 0.15) is 57.1 Å². The summed E-state index contributed by atoms with van der Waals surface area (Å²) >= 11 is 0. The van der Waals surface area contributed by atoms with Crippen molar-refractivity contribution >= 4 is 15.6 Å². The monoisotopic (exact) mass is 514 g/mol. The van der Waals surface area contributed by atoms with Gasteiger partial charge in [-0.05, 0) is 61.4 Å². The molecule has 1 unspecified atom stereocenters. The Hall–Kier alpha value is -2.73. The first kappa shape index (κ1) is 25.4. The van der Waals surface area contributed by atoms with Gasteiger partial charge in [0, 0.05) is 18.5 Å². The number of ether oxygens (including phenoxy) is 1. The highest BCUT2D eigenvalue weighted by Crippen LogP contribution is 2.42. The van der Waals surface area contributed by atoms with E-state index in [1.807, 2.05) is 4.57 Å². The van der Waals surface area contributed by atoms with E-state index >= 15 is 4.39 Å². The number of rotatable bonds is 7. The van der Waals surface area contributed by atoms with Crippen molar-refractivity contribution in [1.29, 1.82) is 0 Å². The lowest BCUT2D eigenvalue weighted by Gasteiger charge is -2.34. The van der Waals surface area contributed by atoms with Gasteiger partial charge in [0.15, 0.2) is 5.67 Å². The van der Waals surface area contributed by atoms with Crippen LogP contribution in [-0.2, 0) is 10.0 Å². The van der Waals surface area contributed by atoms with E-state index in [0.717, 1.165) is 25.0 Å². The Kier molecular flexibility index (Phi) is 7.05. The molecule has 7 nitrogen and oxygen atoms in total. The van der Waals surface area contributed by atoms with Crippen molar-refractivity contribution in [2.75, 3.05) is 0 Å². The molecule has 12 heteroatoms. The molecule has 0 bridgehead atoms. The highest BCUT2D eigenvalue weighted by atomic mass is 32.2. The van der Waals surface area contributed by atoms with Crippen LogP contribution in [0.15, 0.2) is 54.0 Å². The second kappa shape index (κ2) is 9.73. The number of nitrogens with one attached hydrogen (secondary N) is 1. The van der Waals surface area contributed by atoms with Gasteiger partial charge in [-0.3, -0.25) is 0 Å². The van der Waals surface area contributed by atoms with Crippen LogP contribution in [0.5, 0.6) is 5.75 Å². The van der Waals surface area contributed by atoms with Crippen LogP contribution in [-0.4, -0.2) is 41.3 Å². The highest BCUT2D eigenvalue weighted by Gasteiger charge is 2.43. The lowest BCUT2D eigenvalue weighted by Crippen LogP contribution is -2.43. The maximum Gasteiger partial charge on any atom is 0.573 e. The summed E-state index contributed by atoms with van der Waals surface area (Å²) in [6, 6.07) is 4.77. The van der Waals surface area contributed by atoms with Gasteiger partial charge in [-0.1, -0.05) is 25.1 Å². The van der Waals surface area contributed by atoms with Gasteiger partial charge in [-0.2, -0.15) is 0 Å². The second-order valence-corrected chi connectivity index (χ2v) is 10.5. The van der Waals surface area contributed by atoms with Crippen LogP contribution in [0.2, 0.25) is 0 Å². The van der Waals surface area contributed by atoms with Gasteiger partial charge in [0.1, 0.15) is 18.4 Å². The minimum absolute atomic E-state index is 0.0592. The lowest BCUT2D eigenvalue weighted by atomic mass is 9.86. The van der Waals surface area contributed by atoms with Crippen molar-refractivity contribution in [3.05, 3.63) is 59.5 Å². The smallest absolute Gasteiger partial charge is 0.406 e. The van der Waals surface area contributed by atoms with Gasteiger partial charge in [0.05, 0.1) is 4.91 Å². The number of hydrogen-bond donors (Lipinski definition) is 1. The molecular weight excluding hydrogens is 488 g/mol. The number of allylic oxidation sites excluding steroid dienone is 4. The second-order valence-electron chi connectivity index (χ2n) is 8.84. The molecule has 0 amide bonds. The van der Waals surface area contributed by atoms with Crippen molar-refractivity contribution in [3.63, 3.8) is 0 Å². The van der Waals surface area contributed by atoms with Crippen molar-refractivity contribution < 1.29 is 30.7 Å². The molecule has 4 rings (SSSR count). The number of alkyl halides is 4. The van der Waals surface area contributed by atoms with Crippen molar-refractivity contribution in [3.8, 4) is 5.75 Å². The Labute approximate surface area is 200 Å². The summed E-state index contributed by atoms with van der Waals surface area (Å²) in [6.45, 7) is 1.56. The van der Waals surface area contributed by atoms with E-state index in [-0.39, 0.29) is 35.6 Å². The number of benzene rings is 1. The Balaban J connectivity index is 1.53. The van der Waals surface area contributed by atoms with Crippen molar-refractivity contribution in [1.82, 2.24) is 19.5 Å². The van der Waals surface area contributed by atoms with Gasteiger partial charge < -0.3 is 9.30 Å². The Morgan fingerprint density at radius 3 is 2.46 bits per heavy atom. The summed E-state index contributed by atoms with van der Waals surface area (Å²) < 4.78 is 88.1. The minimum Gasteiger partial charge on any atom is -0.406 e. The molecule has 2 aliphatic rings. The fourth-order valence-electron chi connectivity index (χ4n) is 4.69. The maximum atomic E-state index is 16.0. The summed E-state index contributed by atoms with van der Waals surface area (Å²) in [5.74, 6) is -0.389. The summed E-state index contributed by atoms with van der Waals surface area (Å²) in [6.07, 6.45) is 3.72. The van der Waals surface area contributed by atoms with Gasteiger partial charge in [0.25, 0.3) is 0 Å². The number of sulfonamides is 1. The molecule has 0 radical (unpaired) electrons. The van der Waals surface area contributed by atoms with Crippen molar-refractivity contribution in [2.45, 2.75) is 69.6 Å². The predicted octanol–water partition coefficient (Wildman–Crippen LogP) is 5.07. The molecule has 1 fully saturated rings. The standard InChI is InChI=1S/C23H26F4N4O3S/c1-2-22(24)13-17(16-6-9-20(10-7-16)34-23(25,26)27)8-11-21(22)35(32,33)30-18-4-3-5-19(12-18)31-14-28-29-15-31/h6-11,14-15,18-19,30H,2-5,12-13H2,1H3/t18-,19+,22?/m0/s1. The Bertz CT molecular complexity index is 1190. The fourth-order valence-corrected chi connectivity index (χ4v) is 6.42. The quantitative estimate of drug-likeness (QED) is 0.522. The van der Waals surface area contributed by atoms with E-state index in [1.165, 1.54) is 24.3 Å². The number of nitrogens with zero attached hydrogens (tertiary/aromatic N) is 3. The van der Waals surface area contributed by atoms with Crippen LogP contribution in [0, 0.1) is 0 Å². The molecule has 2 aromatic rings. The summed E-state index contributed by atoms with van der Waals surface area (Å²) in [5.41, 5.74) is -1.18. The van der Waals surface area contributed by atoms with Crippen LogP contribution >= 0.6 is 0 Å². The highest BCUT2D eigenvalue weighted by molar-refractivity contribution is 7.93. The van der Waals surface area contributed by atoms with E-state index < -0.39 is 22.1 Å². The predicted molar refractivity (Wildman–Crippen MR) is 121 cm³/mol. The van der Waals surface area contributed by atoms with E-state index in [0.29, 0.717) is 24.0 Å². The molecule has 1 aromatic heterocycles. The minimum atomic E-state index is -4.81. The molecule has 1 heterocycles. The third-order valence-corrected chi connectivity index (χ3v) is 8.21. The molecule has 2 aliphatic carbocycles. The zero-order valence-electron chi connectivity index (χ0n) is 19.0. The normalized spacial score (nSPS) is 25.6. The summed E-state index contributed by atoms with van der Waals surface area (Å²) in [7, 11) is -4.12. The Morgan fingerprint density at radius 1 is 1.14 bits per heavy atom. The topological polar surface area (TPSA) is 86.1 Å². The van der Waals surface area contributed by atoms with E-state index in [2.05, 4.69) is 19.7 Å². The van der Waals surface area contributed by atoms with E-state index in [9.17, 15) is 21.6 Å². The molecule has 1 aromatic carbocycles. The van der Waals surface area contributed by atoms with Gasteiger partial charge in [-0.15, -0.1) is 23.4 Å². The van der Waals surface area contributed by atoms with Crippen molar-refractivity contribution in [2.24, 2.45) is 0 Å². The third kappa shape index (κ3) is 5.92. The van der Waals surface area contributed by atoms with E-state index in [1.54, 1.807) is 19.6 Å². The molecule has 0 spiro atoms. The number of hydrogen-bond acceptors (Lipinski definition) is 5. The Morgan fingerprint density at radius 2 is 1.83 bits per heavy atom. The average Bonchev–Trinajstić information content (AvgIpc) is 3.33. The molecular formula is C23H26F4N4O3S. The summed E-state index contributed by atoms with van der Waals surface area (Å²) in [4.78, 5) is -0.334. The van der Waals surface area contributed by atoms with Crippen LogP contribution in [0.25, 0.3) is 5.57 Å². The summed E-state index contributed by atoms with van der Waals surface area (Å²) in [5, 5.41) is 7.61. The van der Waals surface area contributed by atoms with Gasteiger partial charge in [0.2, 0.25) is 10.0 Å². The molecule has 1 saturated carbocycles. The SMILES string of the molecule is CCC1(F)CC(c2ccc(OC(F)(F)F)cc2)=CC=C1S(=O)(=O)N[C@H]1CCC[C@@H](n2cnnc2)C1. The largest absolute Gasteiger partial charge is 0.573 e. The maximum absolute atomic E-state index is 16.0. The van der Waals surface area contributed by atoms with Crippen LogP contribution < -0.4 is 9.46 Å². The molecule has 0 saturated heterocycles. The fraction of sp³-hybridized carbons (Fsp3) is 0.478. The van der Waals surface area contributed by atoms with Gasteiger partial charge in [-0.25, -0.2) is 17.5 Å². The number of halogens is 4. The molecule has 3 atom stereocenters.